The van der Waals surface area contributed by atoms with Gasteiger partial charge in [-0.05, 0) is 38.1 Å². The number of hydrogen-bond donors (Lipinski definition) is 1. The van der Waals surface area contributed by atoms with E-state index in [9.17, 15) is 9.59 Å². The predicted molar refractivity (Wildman–Crippen MR) is 81.1 cm³/mol. The molecule has 2 rings (SSSR count). The molecule has 1 amide bonds. The van der Waals surface area contributed by atoms with Crippen LogP contribution in [-0.2, 0) is 9.59 Å². The van der Waals surface area contributed by atoms with Crippen molar-refractivity contribution >= 4 is 11.9 Å². The Balaban J connectivity index is 1.71. The molecule has 5 nitrogen and oxygen atoms in total. The van der Waals surface area contributed by atoms with E-state index in [-0.39, 0.29) is 12.3 Å². The van der Waals surface area contributed by atoms with Crippen molar-refractivity contribution in [2.45, 2.75) is 51.4 Å². The maximum atomic E-state index is 12.4. The molecular weight excluding hydrogens is 268 g/mol. The summed E-state index contributed by atoms with van der Waals surface area (Å²) in [6.07, 6.45) is 8.07. The number of amides is 1. The zero-order valence-electron chi connectivity index (χ0n) is 12.9. The molecule has 0 bridgehead atoms. The molecule has 0 aromatic heterocycles. The van der Waals surface area contributed by atoms with Crippen molar-refractivity contribution in [3.8, 4) is 0 Å². The molecule has 0 aromatic carbocycles. The number of nitrogens with zero attached hydrogens (tertiary/aromatic N) is 2. The molecule has 1 N–H and O–H groups in total. The number of rotatable bonds is 5. The normalized spacial score (nSPS) is 24.6. The fraction of sp³-hybridized carbons (Fsp3) is 0.875. The van der Waals surface area contributed by atoms with Crippen molar-refractivity contribution < 1.29 is 14.7 Å². The summed E-state index contributed by atoms with van der Waals surface area (Å²) in [5.41, 5.74) is 0. The van der Waals surface area contributed by atoms with Gasteiger partial charge in [0.2, 0.25) is 5.91 Å². The number of carboxylic acids is 1. The fourth-order valence-electron chi connectivity index (χ4n) is 3.41. The molecule has 0 radical (unpaired) electrons. The SMILES string of the molecule is O=C(O)CCC1CCN(CC(=O)N2CCCCCCC2)C1. The third-order valence-corrected chi connectivity index (χ3v) is 4.70. The van der Waals surface area contributed by atoms with Gasteiger partial charge in [0.25, 0.3) is 0 Å². The average Bonchev–Trinajstić information content (AvgIpc) is 2.83. The average molecular weight is 296 g/mol. The summed E-state index contributed by atoms with van der Waals surface area (Å²) in [5.74, 6) is -0.0119. The molecule has 1 atom stereocenters. The molecular formula is C16H28N2O3. The maximum absolute atomic E-state index is 12.4. The Labute approximate surface area is 127 Å². The molecule has 2 heterocycles. The highest BCUT2D eigenvalue weighted by atomic mass is 16.4. The van der Waals surface area contributed by atoms with E-state index in [0.717, 1.165) is 51.9 Å². The molecule has 0 aromatic rings. The van der Waals surface area contributed by atoms with Gasteiger partial charge in [0, 0.05) is 26.1 Å². The highest BCUT2D eigenvalue weighted by molar-refractivity contribution is 5.78. The van der Waals surface area contributed by atoms with E-state index in [0.29, 0.717) is 12.5 Å². The Hall–Kier alpha value is -1.10. The third kappa shape index (κ3) is 5.65. The second kappa shape index (κ2) is 8.37. The van der Waals surface area contributed by atoms with E-state index in [1.54, 1.807) is 0 Å². The van der Waals surface area contributed by atoms with Crippen molar-refractivity contribution in [1.29, 1.82) is 0 Å². The molecule has 2 aliphatic heterocycles. The Morgan fingerprint density at radius 3 is 2.33 bits per heavy atom. The van der Waals surface area contributed by atoms with Gasteiger partial charge in [-0.15, -0.1) is 0 Å². The highest BCUT2D eigenvalue weighted by Gasteiger charge is 2.26. The Morgan fingerprint density at radius 1 is 1.00 bits per heavy atom. The summed E-state index contributed by atoms with van der Waals surface area (Å²) in [6.45, 7) is 4.16. The molecule has 1 unspecified atom stereocenters. The summed E-state index contributed by atoms with van der Waals surface area (Å²) in [4.78, 5) is 27.2. The molecule has 2 fully saturated rings. The van der Waals surface area contributed by atoms with E-state index >= 15 is 0 Å². The number of carbonyl (C=O) groups is 2. The first kappa shape index (κ1) is 16.3. The van der Waals surface area contributed by atoms with Gasteiger partial charge in [0.1, 0.15) is 0 Å². The van der Waals surface area contributed by atoms with Gasteiger partial charge in [0.05, 0.1) is 6.54 Å². The van der Waals surface area contributed by atoms with Crippen molar-refractivity contribution in [3.63, 3.8) is 0 Å². The van der Waals surface area contributed by atoms with Crippen LogP contribution in [-0.4, -0.2) is 59.5 Å². The monoisotopic (exact) mass is 296 g/mol. The van der Waals surface area contributed by atoms with Gasteiger partial charge in [-0.1, -0.05) is 19.3 Å². The van der Waals surface area contributed by atoms with Crippen molar-refractivity contribution in [3.05, 3.63) is 0 Å². The van der Waals surface area contributed by atoms with Crippen LogP contribution >= 0.6 is 0 Å². The molecule has 2 saturated heterocycles. The van der Waals surface area contributed by atoms with Crippen LogP contribution in [0.4, 0.5) is 0 Å². The Morgan fingerprint density at radius 2 is 1.67 bits per heavy atom. The van der Waals surface area contributed by atoms with E-state index < -0.39 is 5.97 Å². The van der Waals surface area contributed by atoms with Gasteiger partial charge in [-0.25, -0.2) is 0 Å². The first-order valence-electron chi connectivity index (χ1n) is 8.37. The first-order chi connectivity index (χ1) is 10.1. The zero-order chi connectivity index (χ0) is 15.1. The number of aliphatic carboxylic acids is 1. The summed E-state index contributed by atoms with van der Waals surface area (Å²) in [6, 6.07) is 0. The molecule has 120 valence electrons. The molecule has 0 saturated carbocycles. The second-order valence-electron chi connectivity index (χ2n) is 6.47. The van der Waals surface area contributed by atoms with Gasteiger partial charge in [-0.3, -0.25) is 14.5 Å². The van der Waals surface area contributed by atoms with Crippen LogP contribution < -0.4 is 0 Å². The van der Waals surface area contributed by atoms with E-state index in [4.69, 9.17) is 5.11 Å². The lowest BCUT2D eigenvalue weighted by Crippen LogP contribution is -2.41. The molecule has 0 aliphatic carbocycles. The summed E-state index contributed by atoms with van der Waals surface area (Å²) >= 11 is 0. The fourth-order valence-corrected chi connectivity index (χ4v) is 3.41. The number of likely N-dealkylation sites (tertiary alicyclic amines) is 2. The van der Waals surface area contributed by atoms with E-state index in [1.807, 2.05) is 4.90 Å². The predicted octanol–water partition coefficient (Wildman–Crippen LogP) is 1.97. The number of carboxylic acid groups (broad SMARTS) is 1. The Bertz CT molecular complexity index is 351. The highest BCUT2D eigenvalue weighted by Crippen LogP contribution is 2.21. The summed E-state index contributed by atoms with van der Waals surface area (Å²) < 4.78 is 0. The summed E-state index contributed by atoms with van der Waals surface area (Å²) in [5, 5.41) is 8.73. The van der Waals surface area contributed by atoms with Crippen LogP contribution in [0.1, 0.15) is 51.4 Å². The van der Waals surface area contributed by atoms with Crippen molar-refractivity contribution in [2.75, 3.05) is 32.7 Å². The second-order valence-corrected chi connectivity index (χ2v) is 6.47. The molecule has 21 heavy (non-hydrogen) atoms. The Kier molecular flexibility index (Phi) is 6.49. The number of carbonyl (C=O) groups excluding carboxylic acids is 1. The quantitative estimate of drug-likeness (QED) is 0.842. The van der Waals surface area contributed by atoms with E-state index in [2.05, 4.69) is 4.90 Å². The van der Waals surface area contributed by atoms with Crippen LogP contribution in [0.3, 0.4) is 0 Å². The van der Waals surface area contributed by atoms with Crippen molar-refractivity contribution in [2.24, 2.45) is 5.92 Å². The number of hydrogen-bond acceptors (Lipinski definition) is 3. The van der Waals surface area contributed by atoms with Gasteiger partial charge in [0.15, 0.2) is 0 Å². The lowest BCUT2D eigenvalue weighted by Gasteiger charge is -2.27. The minimum atomic E-state index is -0.717. The lowest BCUT2D eigenvalue weighted by molar-refractivity contribution is -0.137. The van der Waals surface area contributed by atoms with Gasteiger partial charge < -0.3 is 10.0 Å². The lowest BCUT2D eigenvalue weighted by atomic mass is 10.0. The minimum absolute atomic E-state index is 0.249. The first-order valence-corrected chi connectivity index (χ1v) is 8.37. The van der Waals surface area contributed by atoms with Crippen LogP contribution in [0, 0.1) is 5.92 Å². The zero-order valence-corrected chi connectivity index (χ0v) is 12.9. The van der Waals surface area contributed by atoms with Crippen LogP contribution in [0.15, 0.2) is 0 Å². The van der Waals surface area contributed by atoms with Crippen LogP contribution in [0.2, 0.25) is 0 Å². The molecule has 0 spiro atoms. The summed E-state index contributed by atoms with van der Waals surface area (Å²) in [7, 11) is 0. The third-order valence-electron chi connectivity index (χ3n) is 4.70. The molecule has 5 heteroatoms. The smallest absolute Gasteiger partial charge is 0.303 e. The van der Waals surface area contributed by atoms with Crippen molar-refractivity contribution in [1.82, 2.24) is 9.80 Å². The molecule has 2 aliphatic rings. The maximum Gasteiger partial charge on any atom is 0.303 e. The van der Waals surface area contributed by atoms with Gasteiger partial charge >= 0.3 is 5.97 Å². The minimum Gasteiger partial charge on any atom is -0.481 e. The largest absolute Gasteiger partial charge is 0.481 e. The topological polar surface area (TPSA) is 60.9 Å². The van der Waals surface area contributed by atoms with Gasteiger partial charge in [-0.2, -0.15) is 0 Å². The van der Waals surface area contributed by atoms with Crippen LogP contribution in [0.5, 0.6) is 0 Å². The van der Waals surface area contributed by atoms with E-state index in [1.165, 1.54) is 19.3 Å². The standard InChI is InChI=1S/C16H28N2O3/c19-15(18-9-4-2-1-3-5-10-18)13-17-11-8-14(12-17)6-7-16(20)21/h14H,1-13H2,(H,20,21). The van der Waals surface area contributed by atoms with Crippen LogP contribution in [0.25, 0.3) is 0 Å².